The van der Waals surface area contributed by atoms with E-state index in [1.165, 1.54) is 0 Å². The van der Waals surface area contributed by atoms with Gasteiger partial charge < -0.3 is 19.9 Å². The molecular formula is C20H25F3N6O2. The molecule has 0 saturated carbocycles. The number of nitrogens with one attached hydrogen (secondary N) is 1. The molecule has 2 heterocycles. The molecule has 1 saturated heterocycles. The Morgan fingerprint density at radius 1 is 1.23 bits per heavy atom. The van der Waals surface area contributed by atoms with E-state index in [1.807, 2.05) is 17.0 Å². The molecule has 1 aromatic carbocycles. The summed E-state index contributed by atoms with van der Waals surface area (Å²) in [4.78, 5) is 20.4. The molecule has 1 fully saturated rings. The smallest absolute Gasteiger partial charge is 0.367 e. The zero-order valence-electron chi connectivity index (χ0n) is 17.4. The van der Waals surface area contributed by atoms with Gasteiger partial charge in [0.2, 0.25) is 5.91 Å². The highest BCUT2D eigenvalue weighted by Gasteiger charge is 2.28. The summed E-state index contributed by atoms with van der Waals surface area (Å²) >= 11 is 0. The number of aryl methyl sites for hydroxylation is 1. The Bertz CT molecular complexity index is 910. The first-order valence-electron chi connectivity index (χ1n) is 9.72. The molecule has 31 heavy (non-hydrogen) atoms. The van der Waals surface area contributed by atoms with Crippen molar-refractivity contribution < 1.29 is 22.7 Å². The number of piperazine rings is 1. The predicted molar refractivity (Wildman–Crippen MR) is 109 cm³/mol. The van der Waals surface area contributed by atoms with Gasteiger partial charge >= 0.3 is 6.18 Å². The van der Waals surface area contributed by atoms with Gasteiger partial charge in [0, 0.05) is 39.9 Å². The zero-order valence-corrected chi connectivity index (χ0v) is 17.4. The molecule has 0 unspecified atom stereocenters. The van der Waals surface area contributed by atoms with E-state index in [4.69, 9.17) is 0 Å². The van der Waals surface area contributed by atoms with Crippen LogP contribution in [-0.2, 0) is 29.7 Å². The number of carbonyl (C=O) groups is 1. The lowest BCUT2D eigenvalue weighted by molar-refractivity contribution is -0.176. The first kappa shape index (κ1) is 22.6. The van der Waals surface area contributed by atoms with Crippen LogP contribution < -0.4 is 10.2 Å². The fraction of sp³-hybridized carbons (Fsp3) is 0.450. The van der Waals surface area contributed by atoms with E-state index in [0.29, 0.717) is 31.2 Å². The number of rotatable bonds is 6. The third kappa shape index (κ3) is 6.45. The molecule has 1 aromatic heterocycles. The van der Waals surface area contributed by atoms with Crippen LogP contribution in [0.15, 0.2) is 41.7 Å². The first-order chi connectivity index (χ1) is 14.7. The van der Waals surface area contributed by atoms with Crippen molar-refractivity contribution in [3.8, 4) is 0 Å². The molecule has 0 spiro atoms. The minimum absolute atomic E-state index is 0.0367. The lowest BCUT2D eigenvalue weighted by Crippen LogP contribution is -2.55. The van der Waals surface area contributed by atoms with E-state index >= 15 is 0 Å². The maximum atomic E-state index is 12.6. The van der Waals surface area contributed by atoms with Crippen LogP contribution in [-0.4, -0.2) is 66.0 Å². The van der Waals surface area contributed by atoms with Gasteiger partial charge in [0.15, 0.2) is 5.96 Å². The Labute approximate surface area is 178 Å². The van der Waals surface area contributed by atoms with Crippen LogP contribution in [0, 0.1) is 0 Å². The van der Waals surface area contributed by atoms with Crippen LogP contribution in [0.1, 0.15) is 11.1 Å². The number of hydrogen-bond donors (Lipinski definition) is 1. The highest BCUT2D eigenvalue weighted by atomic mass is 19.4. The minimum atomic E-state index is -4.33. The Hall–Kier alpha value is -3.08. The van der Waals surface area contributed by atoms with Crippen molar-refractivity contribution in [2.75, 3.05) is 38.2 Å². The number of anilines is 1. The van der Waals surface area contributed by atoms with Crippen molar-refractivity contribution in [1.82, 2.24) is 20.0 Å². The predicted octanol–water partition coefficient (Wildman–Crippen LogP) is 1.92. The van der Waals surface area contributed by atoms with Crippen LogP contribution >= 0.6 is 0 Å². The van der Waals surface area contributed by atoms with Crippen molar-refractivity contribution in [3.05, 3.63) is 47.8 Å². The van der Waals surface area contributed by atoms with Crippen LogP contribution in [0.5, 0.6) is 0 Å². The highest BCUT2D eigenvalue weighted by Crippen LogP contribution is 2.17. The van der Waals surface area contributed by atoms with Gasteiger partial charge in [-0.25, -0.2) is 0 Å². The van der Waals surface area contributed by atoms with Crippen molar-refractivity contribution in [3.63, 3.8) is 0 Å². The van der Waals surface area contributed by atoms with Gasteiger partial charge in [-0.2, -0.15) is 18.3 Å². The number of aromatic nitrogens is 2. The normalized spacial score (nSPS) is 15.5. The fourth-order valence-electron chi connectivity index (χ4n) is 3.23. The summed E-state index contributed by atoms with van der Waals surface area (Å²) in [6.07, 6.45) is -0.860. The third-order valence-corrected chi connectivity index (χ3v) is 4.74. The Morgan fingerprint density at radius 3 is 2.52 bits per heavy atom. The molecule has 1 N–H and O–H groups in total. The molecule has 1 aliphatic heterocycles. The first-order valence-corrected chi connectivity index (χ1v) is 9.72. The summed E-state index contributed by atoms with van der Waals surface area (Å²) in [5.74, 6) is 0.571. The molecular weight excluding hydrogens is 413 g/mol. The van der Waals surface area contributed by atoms with E-state index in [0.717, 1.165) is 11.3 Å². The van der Waals surface area contributed by atoms with Crippen molar-refractivity contribution in [2.24, 2.45) is 12.0 Å². The number of hydrogen-bond acceptors (Lipinski definition) is 4. The maximum Gasteiger partial charge on any atom is 0.411 e. The second-order valence-corrected chi connectivity index (χ2v) is 7.16. The van der Waals surface area contributed by atoms with Gasteiger partial charge in [-0.15, -0.1) is 0 Å². The second-order valence-electron chi connectivity index (χ2n) is 7.16. The SMILES string of the molecule is CN=C(NCc1ccc(COCC(F)(F)F)cc1)N1CCN(c2cnn(C)c2)C(=O)C1. The average Bonchev–Trinajstić information content (AvgIpc) is 3.15. The van der Waals surface area contributed by atoms with Crippen molar-refractivity contribution >= 4 is 17.6 Å². The average molecular weight is 438 g/mol. The standard InChI is InChI=1S/C20H25F3N6O2/c1-24-19(28-7-8-29(18(30)12-28)17-10-26-27(2)11-17)25-9-15-3-5-16(6-4-15)13-31-14-20(21,22)23/h3-6,10-11H,7-9,12-14H2,1-2H3,(H,24,25). The molecule has 2 aromatic rings. The number of amides is 1. The molecule has 0 aliphatic carbocycles. The number of aliphatic imine (C=N–C) groups is 1. The van der Waals surface area contributed by atoms with Crippen LogP contribution in [0.3, 0.4) is 0 Å². The topological polar surface area (TPSA) is 75.0 Å². The van der Waals surface area contributed by atoms with Crippen LogP contribution in [0.4, 0.5) is 18.9 Å². The van der Waals surface area contributed by atoms with E-state index < -0.39 is 12.8 Å². The van der Waals surface area contributed by atoms with Gasteiger partial charge in [-0.05, 0) is 11.1 Å². The van der Waals surface area contributed by atoms with Crippen molar-refractivity contribution in [2.45, 2.75) is 19.3 Å². The number of alkyl halides is 3. The number of carbonyl (C=O) groups excluding carboxylic acids is 1. The zero-order chi connectivity index (χ0) is 22.4. The quantitative estimate of drug-likeness (QED) is 0.551. The largest absolute Gasteiger partial charge is 0.411 e. The molecule has 0 radical (unpaired) electrons. The van der Waals surface area contributed by atoms with Gasteiger partial charge in [0.25, 0.3) is 0 Å². The Kier molecular flexibility index (Phi) is 7.16. The number of halogens is 3. The Balaban J connectivity index is 1.49. The van der Waals surface area contributed by atoms with Gasteiger partial charge in [0.1, 0.15) is 13.2 Å². The Morgan fingerprint density at radius 2 is 1.94 bits per heavy atom. The van der Waals surface area contributed by atoms with Gasteiger partial charge in [0.05, 0.1) is 18.5 Å². The molecule has 0 bridgehead atoms. The minimum Gasteiger partial charge on any atom is -0.367 e. The number of guanidine groups is 1. The maximum absolute atomic E-state index is 12.6. The van der Waals surface area contributed by atoms with E-state index in [2.05, 4.69) is 20.1 Å². The summed E-state index contributed by atoms with van der Waals surface area (Å²) in [7, 11) is 3.46. The lowest BCUT2D eigenvalue weighted by Gasteiger charge is -2.35. The molecule has 1 aliphatic rings. The fourth-order valence-corrected chi connectivity index (χ4v) is 3.23. The number of benzene rings is 1. The number of ether oxygens (including phenoxy) is 1. The highest BCUT2D eigenvalue weighted by molar-refractivity contribution is 5.98. The van der Waals surface area contributed by atoms with Gasteiger partial charge in [-0.1, -0.05) is 24.3 Å². The molecule has 11 heteroatoms. The molecule has 8 nitrogen and oxygen atoms in total. The molecule has 1 amide bonds. The van der Waals surface area contributed by atoms with Crippen LogP contribution in [0.2, 0.25) is 0 Å². The van der Waals surface area contributed by atoms with E-state index in [9.17, 15) is 18.0 Å². The monoisotopic (exact) mass is 438 g/mol. The van der Waals surface area contributed by atoms with E-state index in [-0.39, 0.29) is 19.1 Å². The van der Waals surface area contributed by atoms with Gasteiger partial charge in [-0.3, -0.25) is 14.5 Å². The molecule has 3 rings (SSSR count). The summed E-state index contributed by atoms with van der Waals surface area (Å²) < 4.78 is 42.7. The van der Waals surface area contributed by atoms with Crippen molar-refractivity contribution in [1.29, 1.82) is 0 Å². The van der Waals surface area contributed by atoms with E-state index in [1.54, 1.807) is 48.2 Å². The summed E-state index contributed by atoms with van der Waals surface area (Å²) in [5.41, 5.74) is 2.37. The number of nitrogens with zero attached hydrogens (tertiary/aromatic N) is 5. The third-order valence-electron chi connectivity index (χ3n) is 4.74. The second kappa shape index (κ2) is 9.82. The lowest BCUT2D eigenvalue weighted by atomic mass is 10.1. The van der Waals surface area contributed by atoms with Crippen LogP contribution in [0.25, 0.3) is 0 Å². The molecule has 0 atom stereocenters. The molecule has 168 valence electrons. The summed E-state index contributed by atoms with van der Waals surface area (Å²) in [6, 6.07) is 7.09. The summed E-state index contributed by atoms with van der Waals surface area (Å²) in [5, 5.41) is 7.33. The summed E-state index contributed by atoms with van der Waals surface area (Å²) in [6.45, 7) is 0.447.